The zero-order chi connectivity index (χ0) is 26.5. The molecule has 38 heavy (non-hydrogen) atoms. The van der Waals surface area contributed by atoms with E-state index in [0.29, 0.717) is 22.3 Å². The lowest BCUT2D eigenvalue weighted by Crippen LogP contribution is -2.35. The van der Waals surface area contributed by atoms with Crippen LogP contribution < -0.4 is 4.90 Å². The quantitative estimate of drug-likeness (QED) is 0.325. The van der Waals surface area contributed by atoms with Crippen molar-refractivity contribution < 1.29 is 19.5 Å². The second-order valence-electron chi connectivity index (χ2n) is 9.67. The number of carbonyl (C=O) groups is 3. The van der Waals surface area contributed by atoms with Crippen LogP contribution in [0.5, 0.6) is 0 Å². The number of benzene rings is 3. The number of Topliss-reactive ketones (excluding diaryl/α,β-unsaturated/α-hetero) is 2. The highest BCUT2D eigenvalue weighted by Gasteiger charge is 2.18. The molecule has 5 rings (SSSR count). The van der Waals surface area contributed by atoms with Crippen LogP contribution >= 0.6 is 0 Å². The molecule has 1 aliphatic heterocycles. The molecule has 3 aromatic carbocycles. The number of piperidine rings is 1. The lowest BCUT2D eigenvalue weighted by Gasteiger charge is -2.31. The largest absolute Gasteiger partial charge is 0.393 e. The topological polar surface area (TPSA) is 103 Å². The molecule has 0 saturated carbocycles. The third kappa shape index (κ3) is 5.95. The minimum absolute atomic E-state index is 0.0187. The van der Waals surface area contributed by atoms with Gasteiger partial charge >= 0.3 is 0 Å². The van der Waals surface area contributed by atoms with Crippen molar-refractivity contribution in [3.05, 3.63) is 119 Å². The fourth-order valence-electron chi connectivity index (χ4n) is 4.68. The Kier molecular flexibility index (Phi) is 7.56. The van der Waals surface area contributed by atoms with Gasteiger partial charge in [-0.15, -0.1) is 0 Å². The number of aromatic amines is 1. The van der Waals surface area contributed by atoms with E-state index in [1.165, 1.54) is 6.20 Å². The van der Waals surface area contributed by atoms with Gasteiger partial charge in [0.05, 0.1) is 17.9 Å². The summed E-state index contributed by atoms with van der Waals surface area (Å²) in [5.41, 5.74) is 4.99. The molecule has 4 aromatic rings. The van der Waals surface area contributed by atoms with Crippen LogP contribution in [0.1, 0.15) is 60.6 Å². The molecule has 0 unspecified atom stereocenters. The molecule has 2 N–H and O–H groups in total. The summed E-state index contributed by atoms with van der Waals surface area (Å²) in [5.74, 6) is -0.136. The third-order valence-corrected chi connectivity index (χ3v) is 7.00. The molecule has 0 bridgehead atoms. The van der Waals surface area contributed by atoms with Crippen LogP contribution in [-0.2, 0) is 12.8 Å². The van der Waals surface area contributed by atoms with Gasteiger partial charge < -0.3 is 10.0 Å². The van der Waals surface area contributed by atoms with E-state index < -0.39 is 0 Å². The zero-order valence-corrected chi connectivity index (χ0v) is 21.0. The molecule has 0 aliphatic carbocycles. The molecule has 1 fully saturated rings. The summed E-state index contributed by atoms with van der Waals surface area (Å²) in [6, 6.07) is 21.8. The normalized spacial score (nSPS) is 13.9. The Hall–Kier alpha value is -4.36. The number of aromatic nitrogens is 2. The number of anilines is 1. The number of aliphatic hydroxyl groups excluding tert-OH is 1. The Morgan fingerprint density at radius 3 is 1.74 bits per heavy atom. The lowest BCUT2D eigenvalue weighted by molar-refractivity contribution is 0.0985. The summed E-state index contributed by atoms with van der Waals surface area (Å²) in [7, 11) is 0. The van der Waals surface area contributed by atoms with Crippen LogP contribution in [0.2, 0.25) is 0 Å². The number of carbonyl (C=O) groups excluding carboxylic acids is 3. The molecule has 1 aromatic heterocycles. The number of aliphatic hydroxyl groups is 1. The summed E-state index contributed by atoms with van der Waals surface area (Å²) in [6.07, 6.45) is 4.86. The van der Waals surface area contributed by atoms with Crippen LogP contribution in [0.15, 0.2) is 85.2 Å². The summed E-state index contributed by atoms with van der Waals surface area (Å²) in [4.78, 5) is 40.2. The Morgan fingerprint density at radius 1 is 0.737 bits per heavy atom. The molecular formula is C31H29N3O4. The van der Waals surface area contributed by atoms with Gasteiger partial charge in [-0.05, 0) is 48.2 Å². The van der Waals surface area contributed by atoms with E-state index in [4.69, 9.17) is 0 Å². The molecule has 192 valence electrons. The number of rotatable bonds is 9. The molecule has 0 spiro atoms. The van der Waals surface area contributed by atoms with Gasteiger partial charge in [0.2, 0.25) is 0 Å². The molecule has 1 aliphatic rings. The van der Waals surface area contributed by atoms with Crippen molar-refractivity contribution in [3.63, 3.8) is 0 Å². The average molecular weight is 508 g/mol. The first-order chi connectivity index (χ1) is 18.5. The van der Waals surface area contributed by atoms with Crippen molar-refractivity contribution in [1.29, 1.82) is 0 Å². The van der Waals surface area contributed by atoms with E-state index in [1.54, 1.807) is 42.6 Å². The first-order valence-corrected chi connectivity index (χ1v) is 12.8. The van der Waals surface area contributed by atoms with Gasteiger partial charge in [-0.25, -0.2) is 0 Å². The van der Waals surface area contributed by atoms with E-state index in [2.05, 4.69) is 15.1 Å². The fourth-order valence-corrected chi connectivity index (χ4v) is 4.68. The number of H-pyrrole nitrogens is 1. The summed E-state index contributed by atoms with van der Waals surface area (Å²) in [6.45, 7) is 1.63. The van der Waals surface area contributed by atoms with Crippen molar-refractivity contribution >= 4 is 23.0 Å². The maximum atomic E-state index is 12.9. The Morgan fingerprint density at radius 2 is 1.24 bits per heavy atom. The summed E-state index contributed by atoms with van der Waals surface area (Å²) in [5, 5.41) is 16.1. The van der Waals surface area contributed by atoms with Crippen molar-refractivity contribution in [2.75, 3.05) is 18.0 Å². The van der Waals surface area contributed by atoms with E-state index in [1.807, 2.05) is 36.4 Å². The molecular weight excluding hydrogens is 478 g/mol. The van der Waals surface area contributed by atoms with Gasteiger partial charge in [0.1, 0.15) is 0 Å². The first kappa shape index (κ1) is 25.3. The fraction of sp³-hybridized carbons (Fsp3) is 0.226. The monoisotopic (exact) mass is 507 g/mol. The summed E-state index contributed by atoms with van der Waals surface area (Å²) < 4.78 is 0. The van der Waals surface area contributed by atoms with Crippen LogP contribution in [0, 0.1) is 0 Å². The van der Waals surface area contributed by atoms with Crippen molar-refractivity contribution in [3.8, 4) is 0 Å². The molecule has 1 saturated heterocycles. The molecule has 0 atom stereocenters. The molecule has 7 nitrogen and oxygen atoms in total. The van der Waals surface area contributed by atoms with Crippen molar-refractivity contribution in [2.24, 2.45) is 0 Å². The van der Waals surface area contributed by atoms with Gasteiger partial charge in [0, 0.05) is 54.5 Å². The second kappa shape index (κ2) is 11.4. The molecule has 0 radical (unpaired) electrons. The number of hydrogen-bond acceptors (Lipinski definition) is 6. The number of ketones is 3. The average Bonchev–Trinajstić information content (AvgIpc) is 3.50. The summed E-state index contributed by atoms with van der Waals surface area (Å²) >= 11 is 0. The number of hydrogen-bond donors (Lipinski definition) is 2. The first-order valence-electron chi connectivity index (χ1n) is 12.8. The second-order valence-corrected chi connectivity index (χ2v) is 9.67. The van der Waals surface area contributed by atoms with Gasteiger partial charge in [0.25, 0.3) is 0 Å². The van der Waals surface area contributed by atoms with Gasteiger partial charge in [-0.2, -0.15) is 5.10 Å². The highest BCUT2D eigenvalue weighted by molar-refractivity contribution is 6.09. The van der Waals surface area contributed by atoms with Gasteiger partial charge in [0.15, 0.2) is 17.3 Å². The Bertz CT molecular complexity index is 1400. The Labute approximate surface area is 221 Å². The molecule has 2 heterocycles. The van der Waals surface area contributed by atoms with Crippen LogP contribution in [0.4, 0.5) is 5.69 Å². The standard InChI is InChI=1S/C31H29N3O4/c35-28-13-15-34(16-14-28)27-11-9-23(10-12-27)29(36)17-21-1-5-24(6-2-21)31(38)25-7-3-22(4-8-25)18-30(37)26-19-32-33-20-26/h1-12,19-20,28,35H,13-18H2,(H,32,33). The minimum atomic E-state index is -0.218. The maximum Gasteiger partial charge on any atom is 0.193 e. The number of nitrogens with zero attached hydrogens (tertiary/aromatic N) is 2. The Balaban J connectivity index is 1.17. The molecule has 0 amide bonds. The third-order valence-electron chi connectivity index (χ3n) is 7.00. The molecule has 7 heteroatoms. The zero-order valence-electron chi connectivity index (χ0n) is 21.0. The lowest BCUT2D eigenvalue weighted by atomic mass is 9.97. The van der Waals surface area contributed by atoms with E-state index in [0.717, 1.165) is 42.7 Å². The highest BCUT2D eigenvalue weighted by Crippen LogP contribution is 2.21. The van der Waals surface area contributed by atoms with Gasteiger partial charge in [-0.3, -0.25) is 19.5 Å². The predicted molar refractivity (Wildman–Crippen MR) is 145 cm³/mol. The van der Waals surface area contributed by atoms with Crippen molar-refractivity contribution in [1.82, 2.24) is 10.2 Å². The number of nitrogens with one attached hydrogen (secondary N) is 1. The van der Waals surface area contributed by atoms with E-state index >= 15 is 0 Å². The van der Waals surface area contributed by atoms with Crippen LogP contribution in [0.3, 0.4) is 0 Å². The smallest absolute Gasteiger partial charge is 0.193 e. The van der Waals surface area contributed by atoms with Gasteiger partial charge in [-0.1, -0.05) is 48.5 Å². The van der Waals surface area contributed by atoms with Crippen LogP contribution in [-0.4, -0.2) is 51.8 Å². The SMILES string of the molecule is O=C(Cc1ccc(C(=O)c2ccc(CC(=O)c3cn[nH]c3)cc2)cc1)c1ccc(N2CCC(O)CC2)cc1. The minimum Gasteiger partial charge on any atom is -0.393 e. The van der Waals surface area contributed by atoms with E-state index in [-0.39, 0.29) is 36.3 Å². The highest BCUT2D eigenvalue weighted by atomic mass is 16.3. The van der Waals surface area contributed by atoms with E-state index in [9.17, 15) is 19.5 Å². The predicted octanol–water partition coefficient (Wildman–Crippen LogP) is 4.45. The maximum absolute atomic E-state index is 12.9. The van der Waals surface area contributed by atoms with Crippen molar-refractivity contribution in [2.45, 2.75) is 31.8 Å². The van der Waals surface area contributed by atoms with Crippen LogP contribution in [0.25, 0.3) is 0 Å².